The zero-order valence-electron chi connectivity index (χ0n) is 14.6. The summed E-state index contributed by atoms with van der Waals surface area (Å²) in [7, 11) is 0. The molecule has 5 nitrogen and oxygen atoms in total. The van der Waals surface area contributed by atoms with E-state index in [4.69, 9.17) is 27.9 Å². The first-order valence-corrected chi connectivity index (χ1v) is 9.25. The molecule has 0 aliphatic carbocycles. The maximum Gasteiger partial charge on any atom is 0.258 e. The first-order chi connectivity index (χ1) is 11.8. The summed E-state index contributed by atoms with van der Waals surface area (Å²) in [6.07, 6.45) is 2.10. The Bertz CT molecular complexity index is 614. The van der Waals surface area contributed by atoms with Crippen molar-refractivity contribution < 1.29 is 14.3 Å². The molecule has 0 bridgehead atoms. The summed E-state index contributed by atoms with van der Waals surface area (Å²) >= 11 is 11.8. The van der Waals surface area contributed by atoms with Gasteiger partial charge in [0, 0.05) is 30.6 Å². The van der Waals surface area contributed by atoms with Gasteiger partial charge in [-0.1, -0.05) is 37.0 Å². The fourth-order valence-electron chi connectivity index (χ4n) is 2.76. The Labute approximate surface area is 158 Å². The van der Waals surface area contributed by atoms with Crippen LogP contribution in [0.15, 0.2) is 18.2 Å². The minimum absolute atomic E-state index is 0.0693. The number of carbonyl (C=O) groups excluding carboxylic acids is 2. The molecule has 1 aromatic rings. The Kier molecular flexibility index (Phi) is 7.38. The highest BCUT2D eigenvalue weighted by Crippen LogP contribution is 2.27. The molecule has 1 heterocycles. The van der Waals surface area contributed by atoms with E-state index < -0.39 is 0 Å². The molecule has 0 atom stereocenters. The van der Waals surface area contributed by atoms with Gasteiger partial charge in [-0.3, -0.25) is 9.59 Å². The van der Waals surface area contributed by atoms with Gasteiger partial charge in [-0.2, -0.15) is 0 Å². The smallest absolute Gasteiger partial charge is 0.258 e. The van der Waals surface area contributed by atoms with Crippen molar-refractivity contribution in [3.63, 3.8) is 0 Å². The fraction of sp³-hybridized carbons (Fsp3) is 0.556. The molecule has 138 valence electrons. The first kappa shape index (κ1) is 19.9. The second-order valence-corrected chi connectivity index (χ2v) is 7.53. The van der Waals surface area contributed by atoms with Crippen LogP contribution in [0, 0.1) is 5.92 Å². The van der Waals surface area contributed by atoms with Crippen LogP contribution in [0.5, 0.6) is 5.75 Å². The van der Waals surface area contributed by atoms with Gasteiger partial charge >= 0.3 is 0 Å². The number of piperidine rings is 1. The van der Waals surface area contributed by atoms with Crippen LogP contribution in [0.4, 0.5) is 0 Å². The molecule has 2 rings (SSSR count). The third kappa shape index (κ3) is 6.40. The maximum atomic E-state index is 12.0. The highest BCUT2D eigenvalue weighted by atomic mass is 35.5. The molecule has 1 aliphatic heterocycles. The summed E-state index contributed by atoms with van der Waals surface area (Å²) in [6.45, 7) is 5.34. The van der Waals surface area contributed by atoms with Crippen molar-refractivity contribution in [1.82, 2.24) is 10.2 Å². The Balaban J connectivity index is 1.72. The largest absolute Gasteiger partial charge is 0.482 e. The van der Waals surface area contributed by atoms with E-state index in [1.807, 2.05) is 18.7 Å². The van der Waals surface area contributed by atoms with Gasteiger partial charge in [-0.25, -0.2) is 0 Å². The molecule has 25 heavy (non-hydrogen) atoms. The lowest BCUT2D eigenvalue weighted by Gasteiger charge is -2.32. The molecular weight excluding hydrogens is 363 g/mol. The number of hydrogen-bond donors (Lipinski definition) is 1. The van der Waals surface area contributed by atoms with Gasteiger partial charge in [0.1, 0.15) is 5.75 Å². The Morgan fingerprint density at radius 2 is 1.96 bits per heavy atom. The van der Waals surface area contributed by atoms with E-state index in [1.54, 1.807) is 18.2 Å². The zero-order chi connectivity index (χ0) is 18.4. The maximum absolute atomic E-state index is 12.0. The monoisotopic (exact) mass is 386 g/mol. The van der Waals surface area contributed by atoms with Crippen LogP contribution in [0.25, 0.3) is 0 Å². The molecule has 1 aliphatic rings. The SMILES string of the molecule is CC(C)CC(=O)N1CCC(NC(=O)COc2ccc(Cl)cc2Cl)CC1. The number of halogens is 2. The molecule has 1 aromatic carbocycles. The Morgan fingerprint density at radius 3 is 2.56 bits per heavy atom. The number of nitrogens with zero attached hydrogens (tertiary/aromatic N) is 1. The number of hydrogen-bond acceptors (Lipinski definition) is 3. The second kappa shape index (κ2) is 9.30. The number of likely N-dealkylation sites (tertiary alicyclic amines) is 1. The van der Waals surface area contributed by atoms with E-state index in [-0.39, 0.29) is 24.5 Å². The van der Waals surface area contributed by atoms with Crippen LogP contribution in [0.1, 0.15) is 33.1 Å². The molecular formula is C18H24Cl2N2O3. The molecule has 0 aromatic heterocycles. The lowest BCUT2D eigenvalue weighted by atomic mass is 10.0. The van der Waals surface area contributed by atoms with E-state index in [1.165, 1.54) is 0 Å². The summed E-state index contributed by atoms with van der Waals surface area (Å²) in [5, 5.41) is 3.84. The standard InChI is InChI=1S/C18H24Cl2N2O3/c1-12(2)9-18(24)22-7-5-14(6-8-22)21-17(23)11-25-16-4-3-13(19)10-15(16)20/h3-4,10,12,14H,5-9,11H2,1-2H3,(H,21,23). The second-order valence-electron chi connectivity index (χ2n) is 6.68. The Morgan fingerprint density at radius 1 is 1.28 bits per heavy atom. The molecule has 7 heteroatoms. The summed E-state index contributed by atoms with van der Waals surface area (Å²) in [5.74, 6) is 0.788. The van der Waals surface area contributed by atoms with Crippen molar-refractivity contribution in [1.29, 1.82) is 0 Å². The van der Waals surface area contributed by atoms with Gasteiger partial charge in [0.05, 0.1) is 5.02 Å². The van der Waals surface area contributed by atoms with Crippen molar-refractivity contribution in [2.45, 2.75) is 39.2 Å². The first-order valence-electron chi connectivity index (χ1n) is 8.50. The Hall–Kier alpha value is -1.46. The van der Waals surface area contributed by atoms with Crippen LogP contribution in [0.3, 0.4) is 0 Å². The minimum Gasteiger partial charge on any atom is -0.482 e. The number of nitrogens with one attached hydrogen (secondary N) is 1. The van der Waals surface area contributed by atoms with E-state index in [2.05, 4.69) is 5.32 Å². The lowest BCUT2D eigenvalue weighted by Crippen LogP contribution is -2.47. The predicted octanol–water partition coefficient (Wildman–Crippen LogP) is 3.53. The van der Waals surface area contributed by atoms with E-state index >= 15 is 0 Å². The quantitative estimate of drug-likeness (QED) is 0.813. The van der Waals surface area contributed by atoms with Gasteiger partial charge in [0.25, 0.3) is 5.91 Å². The van der Waals surface area contributed by atoms with Crippen molar-refractivity contribution >= 4 is 35.0 Å². The molecule has 0 radical (unpaired) electrons. The third-order valence-electron chi connectivity index (χ3n) is 4.05. The number of benzene rings is 1. The highest BCUT2D eigenvalue weighted by Gasteiger charge is 2.24. The van der Waals surface area contributed by atoms with Gasteiger partial charge in [0.2, 0.25) is 5.91 Å². The number of rotatable bonds is 6. The number of ether oxygens (including phenoxy) is 1. The normalized spacial score (nSPS) is 15.3. The van der Waals surface area contributed by atoms with Crippen molar-refractivity contribution in [3.8, 4) is 5.75 Å². The zero-order valence-corrected chi connectivity index (χ0v) is 16.1. The highest BCUT2D eigenvalue weighted by molar-refractivity contribution is 6.35. The predicted molar refractivity (Wildman–Crippen MR) is 99.2 cm³/mol. The van der Waals surface area contributed by atoms with Gasteiger partial charge < -0.3 is 15.0 Å². The van der Waals surface area contributed by atoms with Gasteiger partial charge in [0.15, 0.2) is 6.61 Å². The minimum atomic E-state index is -0.196. The summed E-state index contributed by atoms with van der Waals surface area (Å²) in [5.41, 5.74) is 0. The van der Waals surface area contributed by atoms with E-state index in [0.717, 1.165) is 12.8 Å². The fourth-order valence-corrected chi connectivity index (χ4v) is 3.22. The van der Waals surface area contributed by atoms with Crippen molar-refractivity contribution in [2.75, 3.05) is 19.7 Å². The molecule has 0 unspecified atom stereocenters. The van der Waals surface area contributed by atoms with Gasteiger partial charge in [-0.05, 0) is 37.0 Å². The molecule has 1 N–H and O–H groups in total. The van der Waals surface area contributed by atoms with Crippen LogP contribution < -0.4 is 10.1 Å². The van der Waals surface area contributed by atoms with Crippen LogP contribution in [-0.4, -0.2) is 42.5 Å². The molecule has 1 saturated heterocycles. The van der Waals surface area contributed by atoms with Crippen molar-refractivity contribution in [2.24, 2.45) is 5.92 Å². The number of amides is 2. The molecule has 1 fully saturated rings. The summed E-state index contributed by atoms with van der Waals surface area (Å²) < 4.78 is 5.43. The van der Waals surface area contributed by atoms with Gasteiger partial charge in [-0.15, -0.1) is 0 Å². The average Bonchev–Trinajstić information content (AvgIpc) is 2.54. The van der Waals surface area contributed by atoms with Crippen LogP contribution in [-0.2, 0) is 9.59 Å². The summed E-state index contributed by atoms with van der Waals surface area (Å²) in [4.78, 5) is 26.0. The number of carbonyl (C=O) groups is 2. The molecule has 0 spiro atoms. The summed E-state index contributed by atoms with van der Waals surface area (Å²) in [6, 6.07) is 4.93. The van der Waals surface area contributed by atoms with Crippen LogP contribution >= 0.6 is 23.2 Å². The van der Waals surface area contributed by atoms with E-state index in [0.29, 0.717) is 41.2 Å². The van der Waals surface area contributed by atoms with E-state index in [9.17, 15) is 9.59 Å². The third-order valence-corrected chi connectivity index (χ3v) is 4.58. The average molecular weight is 387 g/mol. The topological polar surface area (TPSA) is 58.6 Å². The lowest BCUT2D eigenvalue weighted by molar-refractivity contribution is -0.133. The molecule has 2 amide bonds. The van der Waals surface area contributed by atoms with Crippen LogP contribution in [0.2, 0.25) is 10.0 Å². The van der Waals surface area contributed by atoms with Crippen molar-refractivity contribution in [3.05, 3.63) is 28.2 Å². The molecule has 0 saturated carbocycles.